The maximum absolute atomic E-state index is 11.3. The van der Waals surface area contributed by atoms with Gasteiger partial charge in [0.05, 0.1) is 5.92 Å². The third-order valence-corrected chi connectivity index (χ3v) is 3.18. The Morgan fingerprint density at radius 3 is 2.32 bits per heavy atom. The molecule has 0 radical (unpaired) electrons. The molecule has 1 rings (SSSR count). The minimum atomic E-state index is -3.42. The molecule has 1 aromatic rings. The van der Waals surface area contributed by atoms with Crippen LogP contribution in [0.15, 0.2) is 30.3 Å². The first-order valence-corrected chi connectivity index (χ1v) is 7.58. The second-order valence-electron chi connectivity index (χ2n) is 4.18. The van der Waals surface area contributed by atoms with Gasteiger partial charge >= 0.3 is 5.97 Å². The molecule has 0 aliphatic carbocycles. The quantitative estimate of drug-likeness (QED) is 0.767. The Bertz CT molecular complexity index is 553. The molecule has 104 valence electrons. The lowest BCUT2D eigenvalue weighted by atomic mass is 9.99. The van der Waals surface area contributed by atoms with Gasteiger partial charge in [-0.05, 0) is 5.56 Å². The summed E-state index contributed by atoms with van der Waals surface area (Å²) in [5.74, 6) is -3.33. The van der Waals surface area contributed by atoms with Crippen molar-refractivity contribution in [1.29, 1.82) is 0 Å². The van der Waals surface area contributed by atoms with Crippen molar-refractivity contribution in [2.24, 2.45) is 0 Å². The lowest BCUT2D eigenvalue weighted by Gasteiger charge is -2.13. The third-order valence-electron chi connectivity index (χ3n) is 2.40. The van der Waals surface area contributed by atoms with Crippen LogP contribution in [-0.2, 0) is 19.4 Å². The summed E-state index contributed by atoms with van der Waals surface area (Å²) in [5.41, 5.74) is 0.551. The number of sulfone groups is 1. The molecule has 6 nitrogen and oxygen atoms in total. The smallest absolute Gasteiger partial charge is 0.312 e. The Balaban J connectivity index is 2.67. The van der Waals surface area contributed by atoms with Gasteiger partial charge in [0.25, 0.3) is 0 Å². The number of nitrogens with one attached hydrogen (secondary N) is 1. The lowest BCUT2D eigenvalue weighted by Crippen LogP contribution is -2.35. The van der Waals surface area contributed by atoms with Crippen molar-refractivity contribution in [3.63, 3.8) is 0 Å². The van der Waals surface area contributed by atoms with Crippen LogP contribution in [0.1, 0.15) is 11.5 Å². The second kappa shape index (κ2) is 6.33. The Morgan fingerprint density at radius 1 is 1.26 bits per heavy atom. The van der Waals surface area contributed by atoms with Gasteiger partial charge in [-0.25, -0.2) is 8.42 Å². The molecule has 19 heavy (non-hydrogen) atoms. The van der Waals surface area contributed by atoms with Crippen LogP contribution in [0, 0.1) is 0 Å². The number of benzene rings is 1. The molecule has 1 atom stereocenters. The molecular weight excluding hydrogens is 270 g/mol. The molecule has 0 bridgehead atoms. The summed E-state index contributed by atoms with van der Waals surface area (Å²) in [7, 11) is -3.42. The summed E-state index contributed by atoms with van der Waals surface area (Å²) in [5, 5.41) is 11.4. The maximum atomic E-state index is 11.3. The van der Waals surface area contributed by atoms with E-state index in [2.05, 4.69) is 5.32 Å². The minimum absolute atomic E-state index is 0.145. The molecule has 2 N–H and O–H groups in total. The monoisotopic (exact) mass is 285 g/mol. The summed E-state index contributed by atoms with van der Waals surface area (Å²) >= 11 is 0. The van der Waals surface area contributed by atoms with E-state index >= 15 is 0 Å². The minimum Gasteiger partial charge on any atom is -0.481 e. The van der Waals surface area contributed by atoms with Crippen LogP contribution < -0.4 is 5.32 Å². The van der Waals surface area contributed by atoms with Crippen LogP contribution in [-0.4, -0.2) is 44.0 Å². The fourth-order valence-electron chi connectivity index (χ4n) is 1.54. The number of carboxylic acid groups (broad SMARTS) is 1. The van der Waals surface area contributed by atoms with Crippen LogP contribution in [0.5, 0.6) is 0 Å². The Morgan fingerprint density at radius 2 is 1.84 bits per heavy atom. The van der Waals surface area contributed by atoms with E-state index in [0.29, 0.717) is 5.56 Å². The zero-order chi connectivity index (χ0) is 14.5. The van der Waals surface area contributed by atoms with Gasteiger partial charge in [0.1, 0.15) is 5.75 Å². The standard InChI is InChI=1S/C12H15NO5S/c1-19(17,18)8-11(14)13-7-10(12(15)16)9-5-3-2-4-6-9/h2-6,10H,7-8H2,1H3,(H,13,14)(H,15,16). The summed E-state index contributed by atoms with van der Waals surface area (Å²) in [6.45, 7) is -0.145. The highest BCUT2D eigenvalue weighted by Gasteiger charge is 2.21. The number of carbonyl (C=O) groups is 2. The highest BCUT2D eigenvalue weighted by atomic mass is 32.2. The zero-order valence-electron chi connectivity index (χ0n) is 10.4. The molecule has 0 aliphatic heterocycles. The predicted octanol–water partition coefficient (Wildman–Crippen LogP) is 0.0156. The van der Waals surface area contributed by atoms with Crippen molar-refractivity contribution < 1.29 is 23.1 Å². The molecule has 0 saturated carbocycles. The number of hydrogen-bond donors (Lipinski definition) is 2. The van der Waals surface area contributed by atoms with Gasteiger partial charge in [-0.2, -0.15) is 0 Å². The van der Waals surface area contributed by atoms with Crippen LogP contribution in [0.25, 0.3) is 0 Å². The molecule has 1 unspecified atom stereocenters. The molecule has 7 heteroatoms. The highest BCUT2D eigenvalue weighted by molar-refractivity contribution is 7.91. The van der Waals surface area contributed by atoms with Gasteiger partial charge in [0.15, 0.2) is 9.84 Å². The van der Waals surface area contributed by atoms with Crippen molar-refractivity contribution in [1.82, 2.24) is 5.32 Å². The topological polar surface area (TPSA) is 101 Å². The fraction of sp³-hybridized carbons (Fsp3) is 0.333. The largest absolute Gasteiger partial charge is 0.481 e. The molecule has 0 fully saturated rings. The number of aliphatic carboxylic acids is 1. The lowest BCUT2D eigenvalue weighted by molar-refractivity contribution is -0.138. The van der Waals surface area contributed by atoms with Crippen molar-refractivity contribution in [2.75, 3.05) is 18.6 Å². The summed E-state index contributed by atoms with van der Waals surface area (Å²) in [6.07, 6.45) is 0.943. The first-order valence-electron chi connectivity index (χ1n) is 5.52. The summed E-state index contributed by atoms with van der Waals surface area (Å²) < 4.78 is 21.8. The number of rotatable bonds is 6. The van der Waals surface area contributed by atoms with E-state index in [0.717, 1.165) is 6.26 Å². The van der Waals surface area contributed by atoms with E-state index in [-0.39, 0.29) is 6.54 Å². The molecule has 0 aliphatic rings. The predicted molar refractivity (Wildman–Crippen MR) is 69.5 cm³/mol. The number of carbonyl (C=O) groups excluding carboxylic acids is 1. The number of amides is 1. The Labute approximate surface area is 111 Å². The zero-order valence-corrected chi connectivity index (χ0v) is 11.2. The van der Waals surface area contributed by atoms with E-state index in [1.54, 1.807) is 30.3 Å². The Kier molecular flexibility index (Phi) is 5.05. The normalized spacial score (nSPS) is 12.7. The average molecular weight is 285 g/mol. The van der Waals surface area contributed by atoms with Crippen molar-refractivity contribution in [2.45, 2.75) is 5.92 Å². The number of hydrogen-bond acceptors (Lipinski definition) is 4. The maximum Gasteiger partial charge on any atom is 0.312 e. The van der Waals surface area contributed by atoms with Gasteiger partial charge in [-0.15, -0.1) is 0 Å². The first-order chi connectivity index (χ1) is 8.79. The van der Waals surface area contributed by atoms with E-state index in [9.17, 15) is 18.0 Å². The van der Waals surface area contributed by atoms with Gasteiger partial charge in [0, 0.05) is 12.8 Å². The summed E-state index contributed by atoms with van der Waals surface area (Å²) in [4.78, 5) is 22.5. The Hall–Kier alpha value is -1.89. The SMILES string of the molecule is CS(=O)(=O)CC(=O)NCC(C(=O)O)c1ccccc1. The molecular formula is C12H15NO5S. The average Bonchev–Trinajstić information content (AvgIpc) is 2.27. The van der Waals surface area contributed by atoms with Crippen molar-refractivity contribution >= 4 is 21.7 Å². The molecule has 0 spiro atoms. The number of carboxylic acids is 1. The van der Waals surface area contributed by atoms with Crippen LogP contribution >= 0.6 is 0 Å². The van der Waals surface area contributed by atoms with Gasteiger partial charge < -0.3 is 10.4 Å². The van der Waals surface area contributed by atoms with Crippen LogP contribution in [0.2, 0.25) is 0 Å². The second-order valence-corrected chi connectivity index (χ2v) is 6.32. The fourth-order valence-corrected chi connectivity index (χ4v) is 2.12. The van der Waals surface area contributed by atoms with Gasteiger partial charge in [-0.3, -0.25) is 9.59 Å². The highest BCUT2D eigenvalue weighted by Crippen LogP contribution is 2.14. The van der Waals surface area contributed by atoms with Crippen molar-refractivity contribution in [3.05, 3.63) is 35.9 Å². The van der Waals surface area contributed by atoms with Crippen LogP contribution in [0.4, 0.5) is 0 Å². The van der Waals surface area contributed by atoms with E-state index < -0.39 is 33.4 Å². The van der Waals surface area contributed by atoms with E-state index in [4.69, 9.17) is 5.11 Å². The van der Waals surface area contributed by atoms with E-state index in [1.807, 2.05) is 0 Å². The molecule has 0 saturated heterocycles. The first kappa shape index (κ1) is 15.2. The van der Waals surface area contributed by atoms with E-state index in [1.165, 1.54) is 0 Å². The van der Waals surface area contributed by atoms with Gasteiger partial charge in [0.2, 0.25) is 5.91 Å². The van der Waals surface area contributed by atoms with Crippen LogP contribution in [0.3, 0.4) is 0 Å². The molecule has 1 amide bonds. The molecule has 0 aromatic heterocycles. The van der Waals surface area contributed by atoms with Gasteiger partial charge in [-0.1, -0.05) is 30.3 Å². The molecule has 0 heterocycles. The molecule has 1 aromatic carbocycles. The van der Waals surface area contributed by atoms with Crippen molar-refractivity contribution in [3.8, 4) is 0 Å². The summed E-state index contributed by atoms with van der Waals surface area (Å²) in [6, 6.07) is 8.43. The third kappa shape index (κ3) is 5.52.